The Balaban J connectivity index is 2.03. The largest absolute Gasteiger partial charge is 0.241 e. The number of hydrogen-bond acceptors (Lipinski definition) is 4. The van der Waals surface area contributed by atoms with Crippen molar-refractivity contribution in [1.82, 2.24) is 19.9 Å². The van der Waals surface area contributed by atoms with Gasteiger partial charge in [0, 0.05) is 35.4 Å². The van der Waals surface area contributed by atoms with Crippen molar-refractivity contribution in [2.75, 3.05) is 0 Å². The summed E-state index contributed by atoms with van der Waals surface area (Å²) in [5, 5.41) is 0. The average molecular weight is 262 g/mol. The summed E-state index contributed by atoms with van der Waals surface area (Å²) in [6, 6.07) is 9.99. The topological polar surface area (TPSA) is 51.6 Å². The van der Waals surface area contributed by atoms with E-state index < -0.39 is 0 Å². The molecule has 1 aromatic carbocycles. The first-order chi connectivity index (χ1) is 9.72. The molecule has 98 valence electrons. The monoisotopic (exact) mass is 262 g/mol. The normalized spacial score (nSPS) is 10.5. The highest BCUT2D eigenvalue weighted by Crippen LogP contribution is 2.23. The Kier molecular flexibility index (Phi) is 3.21. The zero-order chi connectivity index (χ0) is 13.9. The molecule has 0 saturated heterocycles. The molecule has 0 radical (unpaired) electrons. The van der Waals surface area contributed by atoms with E-state index in [0.29, 0.717) is 0 Å². The van der Waals surface area contributed by atoms with Crippen LogP contribution >= 0.6 is 0 Å². The second-order valence-electron chi connectivity index (χ2n) is 4.62. The second kappa shape index (κ2) is 5.17. The van der Waals surface area contributed by atoms with E-state index in [2.05, 4.69) is 26.0 Å². The minimum absolute atomic E-state index is 0.736. The molecule has 0 N–H and O–H groups in total. The zero-order valence-electron chi connectivity index (χ0n) is 11.4. The first kappa shape index (κ1) is 12.4. The van der Waals surface area contributed by atoms with Gasteiger partial charge in [-0.3, -0.25) is 0 Å². The van der Waals surface area contributed by atoms with Crippen LogP contribution < -0.4 is 0 Å². The molecule has 0 fully saturated rings. The third-order valence-corrected chi connectivity index (χ3v) is 3.03. The van der Waals surface area contributed by atoms with Gasteiger partial charge in [-0.05, 0) is 31.5 Å². The van der Waals surface area contributed by atoms with Crippen LogP contribution in [-0.2, 0) is 0 Å². The summed E-state index contributed by atoms with van der Waals surface area (Å²) >= 11 is 0. The van der Waals surface area contributed by atoms with Crippen LogP contribution in [0.5, 0.6) is 0 Å². The van der Waals surface area contributed by atoms with Gasteiger partial charge in [0.05, 0.1) is 0 Å². The molecule has 0 aliphatic heterocycles. The maximum Gasteiger partial charge on any atom is 0.159 e. The van der Waals surface area contributed by atoms with E-state index in [1.165, 1.54) is 0 Å². The van der Waals surface area contributed by atoms with E-state index in [1.807, 2.05) is 50.5 Å². The van der Waals surface area contributed by atoms with Gasteiger partial charge in [-0.2, -0.15) is 0 Å². The molecule has 3 rings (SSSR count). The summed E-state index contributed by atoms with van der Waals surface area (Å²) in [5.74, 6) is 1.51. The Morgan fingerprint density at radius 3 is 2.30 bits per heavy atom. The Morgan fingerprint density at radius 1 is 0.800 bits per heavy atom. The number of rotatable bonds is 2. The van der Waals surface area contributed by atoms with Crippen LogP contribution in [0.2, 0.25) is 0 Å². The minimum atomic E-state index is 0.736. The molecule has 0 unspecified atom stereocenters. The second-order valence-corrected chi connectivity index (χ2v) is 4.62. The van der Waals surface area contributed by atoms with Crippen molar-refractivity contribution in [3.63, 3.8) is 0 Å². The van der Waals surface area contributed by atoms with E-state index in [-0.39, 0.29) is 0 Å². The lowest BCUT2D eigenvalue weighted by Gasteiger charge is -2.05. The molecule has 0 saturated carbocycles. The summed E-state index contributed by atoms with van der Waals surface area (Å²) in [5.41, 5.74) is 4.00. The molecule has 0 atom stereocenters. The standard InChI is InChI=1S/C16H14N4/c1-11-6-7-17-16(20-11)14-5-3-4-13(8-14)15-9-18-12(2)19-10-15/h3-10H,1-2H3. The maximum atomic E-state index is 4.45. The fraction of sp³-hybridized carbons (Fsp3) is 0.125. The molecule has 0 aliphatic rings. The van der Waals surface area contributed by atoms with Gasteiger partial charge in [-0.25, -0.2) is 19.9 Å². The van der Waals surface area contributed by atoms with Crippen molar-refractivity contribution in [3.05, 3.63) is 60.4 Å². The highest BCUT2D eigenvalue weighted by molar-refractivity contribution is 5.69. The minimum Gasteiger partial charge on any atom is -0.241 e. The van der Waals surface area contributed by atoms with Crippen LogP contribution in [0.4, 0.5) is 0 Å². The lowest BCUT2D eigenvalue weighted by atomic mass is 10.1. The predicted molar refractivity (Wildman–Crippen MR) is 78.0 cm³/mol. The Labute approximate surface area is 117 Å². The smallest absolute Gasteiger partial charge is 0.159 e. The van der Waals surface area contributed by atoms with Crippen LogP contribution in [0.1, 0.15) is 11.5 Å². The molecular weight excluding hydrogens is 248 g/mol. The fourth-order valence-corrected chi connectivity index (χ4v) is 1.97. The van der Waals surface area contributed by atoms with Crippen molar-refractivity contribution in [2.24, 2.45) is 0 Å². The Morgan fingerprint density at radius 2 is 1.55 bits per heavy atom. The summed E-state index contributed by atoms with van der Waals surface area (Å²) in [7, 11) is 0. The third-order valence-electron chi connectivity index (χ3n) is 3.03. The van der Waals surface area contributed by atoms with Gasteiger partial charge < -0.3 is 0 Å². The lowest BCUT2D eigenvalue weighted by Crippen LogP contribution is -1.92. The maximum absolute atomic E-state index is 4.45. The Bertz CT molecular complexity index is 735. The van der Waals surface area contributed by atoms with E-state index in [1.54, 1.807) is 6.20 Å². The molecule has 20 heavy (non-hydrogen) atoms. The van der Waals surface area contributed by atoms with Crippen molar-refractivity contribution < 1.29 is 0 Å². The number of nitrogens with zero attached hydrogens (tertiary/aromatic N) is 4. The van der Waals surface area contributed by atoms with Gasteiger partial charge in [-0.1, -0.05) is 18.2 Å². The highest BCUT2D eigenvalue weighted by atomic mass is 14.9. The summed E-state index contributed by atoms with van der Waals surface area (Å²) in [4.78, 5) is 17.2. The molecule has 0 spiro atoms. The van der Waals surface area contributed by atoms with Crippen LogP contribution in [0, 0.1) is 13.8 Å². The van der Waals surface area contributed by atoms with Crippen molar-refractivity contribution in [2.45, 2.75) is 13.8 Å². The predicted octanol–water partition coefficient (Wildman–Crippen LogP) is 3.22. The van der Waals surface area contributed by atoms with E-state index in [4.69, 9.17) is 0 Å². The van der Waals surface area contributed by atoms with Crippen LogP contribution in [0.15, 0.2) is 48.9 Å². The summed E-state index contributed by atoms with van der Waals surface area (Å²) < 4.78 is 0. The summed E-state index contributed by atoms with van der Waals surface area (Å²) in [6.07, 6.45) is 5.44. The SMILES string of the molecule is Cc1ccnc(-c2cccc(-c3cnc(C)nc3)c2)n1. The fourth-order valence-electron chi connectivity index (χ4n) is 1.97. The van der Waals surface area contributed by atoms with E-state index >= 15 is 0 Å². The summed E-state index contributed by atoms with van der Waals surface area (Å²) in [6.45, 7) is 3.84. The number of aromatic nitrogens is 4. The molecule has 4 heteroatoms. The first-order valence-corrected chi connectivity index (χ1v) is 6.41. The number of aryl methyl sites for hydroxylation is 2. The van der Waals surface area contributed by atoms with Crippen LogP contribution in [0.25, 0.3) is 22.5 Å². The quantitative estimate of drug-likeness (QED) is 0.711. The van der Waals surface area contributed by atoms with Gasteiger partial charge >= 0.3 is 0 Å². The van der Waals surface area contributed by atoms with Gasteiger partial charge in [0.25, 0.3) is 0 Å². The zero-order valence-corrected chi connectivity index (χ0v) is 11.4. The molecule has 0 aliphatic carbocycles. The number of hydrogen-bond donors (Lipinski definition) is 0. The Hall–Kier alpha value is -2.62. The van der Waals surface area contributed by atoms with Gasteiger partial charge in [0.2, 0.25) is 0 Å². The molecule has 2 heterocycles. The van der Waals surface area contributed by atoms with Crippen molar-refractivity contribution in [3.8, 4) is 22.5 Å². The molecule has 4 nitrogen and oxygen atoms in total. The van der Waals surface area contributed by atoms with Crippen molar-refractivity contribution >= 4 is 0 Å². The molecule has 0 bridgehead atoms. The molecule has 0 amide bonds. The molecule has 3 aromatic rings. The van der Waals surface area contributed by atoms with Gasteiger partial charge in [0.1, 0.15) is 5.82 Å². The van der Waals surface area contributed by atoms with Gasteiger partial charge in [0.15, 0.2) is 5.82 Å². The van der Waals surface area contributed by atoms with Crippen molar-refractivity contribution in [1.29, 1.82) is 0 Å². The van der Waals surface area contributed by atoms with Crippen LogP contribution in [0.3, 0.4) is 0 Å². The first-order valence-electron chi connectivity index (χ1n) is 6.41. The average Bonchev–Trinajstić information content (AvgIpc) is 2.48. The highest BCUT2D eigenvalue weighted by Gasteiger charge is 2.04. The van der Waals surface area contributed by atoms with E-state index in [9.17, 15) is 0 Å². The lowest BCUT2D eigenvalue weighted by molar-refractivity contribution is 1.06. The van der Waals surface area contributed by atoms with E-state index in [0.717, 1.165) is 34.0 Å². The molecular formula is C16H14N4. The molecule has 2 aromatic heterocycles. The van der Waals surface area contributed by atoms with Gasteiger partial charge in [-0.15, -0.1) is 0 Å². The van der Waals surface area contributed by atoms with Crippen LogP contribution in [-0.4, -0.2) is 19.9 Å². The third kappa shape index (κ3) is 2.54. The number of benzene rings is 1.